The summed E-state index contributed by atoms with van der Waals surface area (Å²) in [7, 11) is -3.37. The Balaban J connectivity index is 1.43. The number of rotatable bonds is 6. The fraction of sp³-hybridized carbons (Fsp3) is 0.556. The molecule has 0 amide bonds. The number of nitrogens with zero attached hydrogens (tertiary/aromatic N) is 1. The van der Waals surface area contributed by atoms with E-state index >= 15 is 0 Å². The maximum Gasteiger partial charge on any atom is 0.233 e. The van der Waals surface area contributed by atoms with Gasteiger partial charge in [-0.15, -0.1) is 0 Å². The summed E-state index contributed by atoms with van der Waals surface area (Å²) < 4.78 is 32.4. The first-order valence-corrected chi connectivity index (χ1v) is 10.2. The van der Waals surface area contributed by atoms with E-state index in [0.717, 1.165) is 51.1 Å². The van der Waals surface area contributed by atoms with Crippen LogP contribution in [0.1, 0.15) is 24.8 Å². The van der Waals surface area contributed by atoms with Gasteiger partial charge in [-0.3, -0.25) is 4.90 Å². The predicted molar refractivity (Wildman–Crippen MR) is 95.9 cm³/mol. The van der Waals surface area contributed by atoms with Crippen LogP contribution in [0.5, 0.6) is 0 Å². The highest BCUT2D eigenvalue weighted by atomic mass is 32.2. The van der Waals surface area contributed by atoms with Gasteiger partial charge in [0.1, 0.15) is 0 Å². The van der Waals surface area contributed by atoms with Gasteiger partial charge in [-0.25, -0.2) is 13.1 Å². The molecule has 3 rings (SSSR count). The van der Waals surface area contributed by atoms with Crippen molar-refractivity contribution in [2.45, 2.75) is 25.3 Å². The molecule has 1 N–H and O–H groups in total. The van der Waals surface area contributed by atoms with Crippen LogP contribution in [0, 0.1) is 5.92 Å². The monoisotopic (exact) mass is 350 g/mol. The molecule has 0 bridgehead atoms. The van der Waals surface area contributed by atoms with Crippen molar-refractivity contribution in [3.63, 3.8) is 0 Å². The second-order valence-electron chi connectivity index (χ2n) is 6.60. The van der Waals surface area contributed by atoms with E-state index in [9.17, 15) is 8.42 Å². The molecule has 0 radical (unpaired) electrons. The lowest BCUT2D eigenvalue weighted by Gasteiger charge is -2.35. The lowest BCUT2D eigenvalue weighted by Crippen LogP contribution is -2.43. The van der Waals surface area contributed by atoms with E-state index < -0.39 is 10.0 Å². The minimum absolute atomic E-state index is 0.420. The summed E-state index contributed by atoms with van der Waals surface area (Å²) in [5.74, 6) is 0.420. The van der Waals surface area contributed by atoms with Crippen LogP contribution in [-0.4, -0.2) is 52.2 Å². The number of sulfonamides is 1. The van der Waals surface area contributed by atoms with Crippen LogP contribution in [0.15, 0.2) is 35.7 Å². The number of hydrogen-bond acceptors (Lipinski definition) is 4. The number of hydrogen-bond donors (Lipinski definition) is 1. The molecule has 0 spiro atoms. The zero-order chi connectivity index (χ0) is 16.8. The number of ether oxygens (including phenoxy) is 1. The van der Waals surface area contributed by atoms with Gasteiger partial charge in [0.2, 0.25) is 10.0 Å². The average Bonchev–Trinajstić information content (AvgIpc) is 3.15. The van der Waals surface area contributed by atoms with Crippen LogP contribution in [0.2, 0.25) is 0 Å². The van der Waals surface area contributed by atoms with Gasteiger partial charge in [0, 0.05) is 24.6 Å². The number of piperidine rings is 1. The Morgan fingerprint density at radius 3 is 2.58 bits per heavy atom. The predicted octanol–water partition coefficient (Wildman–Crippen LogP) is 2.08. The summed E-state index contributed by atoms with van der Waals surface area (Å²) in [5, 5.41) is 1.26. The Morgan fingerprint density at radius 1 is 1.17 bits per heavy atom. The number of benzene rings is 1. The molecule has 1 aromatic carbocycles. The maximum absolute atomic E-state index is 12.1. The van der Waals surface area contributed by atoms with Gasteiger partial charge >= 0.3 is 0 Å². The molecule has 2 aliphatic rings. The van der Waals surface area contributed by atoms with Gasteiger partial charge in [-0.2, -0.15) is 0 Å². The molecule has 6 heteroatoms. The minimum atomic E-state index is -3.37. The van der Waals surface area contributed by atoms with Crippen molar-refractivity contribution in [2.75, 3.05) is 32.8 Å². The molecular weight excluding hydrogens is 324 g/mol. The standard InChI is InChI=1S/C18H26N2O3S/c21-24(22,13-9-16-4-2-1-3-5-16)19-14-17-6-10-20(11-7-17)18-8-12-23-15-18/h1-5,9,13,17-19H,6-8,10-12,14-15H2/b13-9+. The first kappa shape index (κ1) is 17.6. The topological polar surface area (TPSA) is 58.6 Å². The fourth-order valence-electron chi connectivity index (χ4n) is 3.35. The third-order valence-electron chi connectivity index (χ3n) is 4.88. The van der Waals surface area contributed by atoms with Crippen molar-refractivity contribution in [1.82, 2.24) is 9.62 Å². The van der Waals surface area contributed by atoms with Gasteiger partial charge in [0.15, 0.2) is 0 Å². The zero-order valence-corrected chi connectivity index (χ0v) is 14.7. The fourth-order valence-corrected chi connectivity index (χ4v) is 4.25. The molecule has 2 fully saturated rings. The second-order valence-corrected chi connectivity index (χ2v) is 8.25. The van der Waals surface area contributed by atoms with Crippen LogP contribution in [0.3, 0.4) is 0 Å². The smallest absolute Gasteiger partial charge is 0.233 e. The van der Waals surface area contributed by atoms with E-state index in [1.807, 2.05) is 30.3 Å². The zero-order valence-electron chi connectivity index (χ0n) is 13.9. The lowest BCUT2D eigenvalue weighted by atomic mass is 9.96. The Bertz CT molecular complexity index is 631. The molecule has 2 saturated heterocycles. The van der Waals surface area contributed by atoms with Crippen LogP contribution in [0.4, 0.5) is 0 Å². The van der Waals surface area contributed by atoms with Crippen LogP contribution < -0.4 is 4.72 Å². The molecule has 0 aliphatic carbocycles. The summed E-state index contributed by atoms with van der Waals surface area (Å²) in [6.45, 7) is 4.33. The second kappa shape index (κ2) is 8.25. The Hall–Kier alpha value is -1.21. The number of likely N-dealkylation sites (tertiary alicyclic amines) is 1. The van der Waals surface area contributed by atoms with Crippen LogP contribution in [0.25, 0.3) is 6.08 Å². The van der Waals surface area contributed by atoms with Gasteiger partial charge < -0.3 is 4.74 Å². The van der Waals surface area contributed by atoms with Crippen LogP contribution >= 0.6 is 0 Å². The van der Waals surface area contributed by atoms with Crippen molar-refractivity contribution in [1.29, 1.82) is 0 Å². The van der Waals surface area contributed by atoms with E-state index in [4.69, 9.17) is 4.74 Å². The molecule has 2 aliphatic heterocycles. The Labute approximate surface area is 144 Å². The molecule has 1 unspecified atom stereocenters. The molecule has 2 heterocycles. The third-order valence-corrected chi connectivity index (χ3v) is 5.95. The van der Waals surface area contributed by atoms with Gasteiger partial charge in [0.25, 0.3) is 0 Å². The average molecular weight is 350 g/mol. The molecular formula is C18H26N2O3S. The van der Waals surface area contributed by atoms with Crippen molar-refractivity contribution < 1.29 is 13.2 Å². The maximum atomic E-state index is 12.1. The lowest BCUT2D eigenvalue weighted by molar-refractivity contribution is 0.111. The summed E-state index contributed by atoms with van der Waals surface area (Å²) in [6, 6.07) is 10.0. The van der Waals surface area contributed by atoms with E-state index in [1.54, 1.807) is 6.08 Å². The highest BCUT2D eigenvalue weighted by Gasteiger charge is 2.27. The van der Waals surface area contributed by atoms with E-state index in [1.165, 1.54) is 5.41 Å². The third kappa shape index (κ3) is 5.14. The van der Waals surface area contributed by atoms with E-state index in [-0.39, 0.29) is 0 Å². The minimum Gasteiger partial charge on any atom is -0.380 e. The molecule has 1 atom stereocenters. The van der Waals surface area contributed by atoms with E-state index in [2.05, 4.69) is 9.62 Å². The highest BCUT2D eigenvalue weighted by molar-refractivity contribution is 7.92. The summed E-state index contributed by atoms with van der Waals surface area (Å²) in [5.41, 5.74) is 0.884. The first-order valence-electron chi connectivity index (χ1n) is 8.67. The molecule has 1 aromatic rings. The van der Waals surface area contributed by atoms with Crippen molar-refractivity contribution in [2.24, 2.45) is 5.92 Å². The summed E-state index contributed by atoms with van der Waals surface area (Å²) in [4.78, 5) is 2.49. The van der Waals surface area contributed by atoms with Gasteiger partial charge in [-0.05, 0) is 49.9 Å². The van der Waals surface area contributed by atoms with Crippen LogP contribution in [-0.2, 0) is 14.8 Å². The summed E-state index contributed by atoms with van der Waals surface area (Å²) in [6.07, 6.45) is 4.84. The first-order chi connectivity index (χ1) is 11.6. The molecule has 0 saturated carbocycles. The van der Waals surface area contributed by atoms with Crippen molar-refractivity contribution in [3.05, 3.63) is 41.3 Å². The van der Waals surface area contributed by atoms with Crippen molar-refractivity contribution >= 4 is 16.1 Å². The molecule has 132 valence electrons. The number of nitrogens with one attached hydrogen (secondary N) is 1. The highest BCUT2D eigenvalue weighted by Crippen LogP contribution is 2.22. The van der Waals surface area contributed by atoms with Gasteiger partial charge in [-0.1, -0.05) is 30.3 Å². The Kier molecular flexibility index (Phi) is 6.05. The van der Waals surface area contributed by atoms with E-state index in [0.29, 0.717) is 18.5 Å². The summed E-state index contributed by atoms with van der Waals surface area (Å²) >= 11 is 0. The Morgan fingerprint density at radius 2 is 1.92 bits per heavy atom. The quantitative estimate of drug-likeness (QED) is 0.853. The molecule has 24 heavy (non-hydrogen) atoms. The van der Waals surface area contributed by atoms with Gasteiger partial charge in [0.05, 0.1) is 6.61 Å². The normalized spacial score (nSPS) is 23.9. The largest absolute Gasteiger partial charge is 0.380 e. The SMILES string of the molecule is O=S(=O)(/C=C/c1ccccc1)NCC1CCN(C2CCOC2)CC1. The van der Waals surface area contributed by atoms with Crippen molar-refractivity contribution in [3.8, 4) is 0 Å². The molecule has 5 nitrogen and oxygen atoms in total. The molecule has 0 aromatic heterocycles.